The van der Waals surface area contributed by atoms with Crippen molar-refractivity contribution in [2.45, 2.75) is 52.6 Å². The summed E-state index contributed by atoms with van der Waals surface area (Å²) in [5.41, 5.74) is 0.356. The zero-order valence-corrected chi connectivity index (χ0v) is 9.75. The van der Waals surface area contributed by atoms with Gasteiger partial charge in [-0.1, -0.05) is 20.3 Å². The lowest BCUT2D eigenvalue weighted by molar-refractivity contribution is -0.147. The summed E-state index contributed by atoms with van der Waals surface area (Å²) in [5.74, 6) is 0.478. The van der Waals surface area contributed by atoms with Crippen LogP contribution in [0.3, 0.4) is 0 Å². The molecule has 0 spiro atoms. The molecule has 2 unspecified atom stereocenters. The highest BCUT2D eigenvalue weighted by molar-refractivity contribution is 5.89. The van der Waals surface area contributed by atoms with Crippen LogP contribution in [0, 0.1) is 5.92 Å². The largest absolute Gasteiger partial charge is 0.512 e. The number of carbonyl (C=O) groups is 1. The number of cyclic esters (lactones) is 1. The van der Waals surface area contributed by atoms with E-state index in [1.807, 2.05) is 0 Å². The van der Waals surface area contributed by atoms with E-state index in [0.717, 1.165) is 19.3 Å². The molecule has 0 fully saturated rings. The van der Waals surface area contributed by atoms with Crippen LogP contribution < -0.4 is 0 Å². The number of carbonyl (C=O) groups excluding carboxylic acids is 1. The van der Waals surface area contributed by atoms with E-state index in [1.54, 1.807) is 6.92 Å². The van der Waals surface area contributed by atoms with Gasteiger partial charge >= 0.3 is 5.97 Å². The number of esters is 1. The quantitative estimate of drug-likeness (QED) is 0.729. The van der Waals surface area contributed by atoms with Crippen LogP contribution in [0.25, 0.3) is 0 Å². The Kier molecular flexibility index (Phi) is 4.18. The van der Waals surface area contributed by atoms with Crippen molar-refractivity contribution >= 4 is 5.97 Å². The van der Waals surface area contributed by atoms with Crippen molar-refractivity contribution in [3.63, 3.8) is 0 Å². The van der Waals surface area contributed by atoms with Crippen molar-refractivity contribution in [3.8, 4) is 0 Å². The van der Waals surface area contributed by atoms with Gasteiger partial charge in [-0.2, -0.15) is 0 Å². The van der Waals surface area contributed by atoms with Gasteiger partial charge in [-0.25, -0.2) is 4.79 Å². The molecule has 1 aliphatic heterocycles. The molecular weight excluding hydrogens is 192 g/mol. The predicted octanol–water partition coefficient (Wildman–Crippen LogP) is 2.96. The second-order valence-corrected chi connectivity index (χ2v) is 4.39. The third kappa shape index (κ3) is 3.26. The number of aliphatic hydroxyl groups excluding tert-OH is 1. The zero-order valence-electron chi connectivity index (χ0n) is 9.75. The van der Waals surface area contributed by atoms with Crippen LogP contribution >= 0.6 is 0 Å². The minimum Gasteiger partial charge on any atom is -0.512 e. The van der Waals surface area contributed by atoms with Gasteiger partial charge in [0, 0.05) is 6.42 Å². The predicted molar refractivity (Wildman–Crippen MR) is 58.5 cm³/mol. The van der Waals surface area contributed by atoms with E-state index in [-0.39, 0.29) is 17.8 Å². The van der Waals surface area contributed by atoms with Crippen LogP contribution in [0.4, 0.5) is 0 Å². The minimum atomic E-state index is -0.368. The summed E-state index contributed by atoms with van der Waals surface area (Å²) in [6, 6.07) is 0. The van der Waals surface area contributed by atoms with Crippen LogP contribution in [0.5, 0.6) is 0 Å². The minimum absolute atomic E-state index is 0.129. The average Bonchev–Trinajstić information content (AvgIpc) is 2.22. The Morgan fingerprint density at radius 2 is 2.27 bits per heavy atom. The van der Waals surface area contributed by atoms with Crippen LogP contribution in [0.2, 0.25) is 0 Å². The van der Waals surface area contributed by atoms with Gasteiger partial charge < -0.3 is 9.84 Å². The molecule has 0 bridgehead atoms. The number of aliphatic hydroxyl groups is 1. The number of hydrogen-bond donors (Lipinski definition) is 1. The summed E-state index contributed by atoms with van der Waals surface area (Å²) in [7, 11) is 0. The third-order valence-corrected chi connectivity index (χ3v) is 3.11. The Morgan fingerprint density at radius 1 is 1.60 bits per heavy atom. The topological polar surface area (TPSA) is 46.5 Å². The lowest BCUT2D eigenvalue weighted by Crippen LogP contribution is -2.26. The van der Waals surface area contributed by atoms with E-state index in [0.29, 0.717) is 17.9 Å². The van der Waals surface area contributed by atoms with Crippen LogP contribution in [-0.2, 0) is 9.53 Å². The standard InChI is InChI=1S/C12H20O3/c1-4-8(2)5-6-10-7-11(13)9(3)12(14)15-10/h8,10,13H,4-7H2,1-3H3. The second-order valence-electron chi connectivity index (χ2n) is 4.39. The number of ether oxygens (including phenoxy) is 1. The monoisotopic (exact) mass is 212 g/mol. The molecule has 1 rings (SSSR count). The van der Waals surface area contributed by atoms with E-state index >= 15 is 0 Å². The molecule has 0 radical (unpaired) electrons. The van der Waals surface area contributed by atoms with Gasteiger partial charge in [0.25, 0.3) is 0 Å². The molecule has 0 saturated heterocycles. The van der Waals surface area contributed by atoms with Crippen molar-refractivity contribution in [2.75, 3.05) is 0 Å². The fraction of sp³-hybridized carbons (Fsp3) is 0.750. The van der Waals surface area contributed by atoms with E-state index in [9.17, 15) is 9.90 Å². The average molecular weight is 212 g/mol. The van der Waals surface area contributed by atoms with Gasteiger partial charge in [0.05, 0.1) is 5.57 Å². The Morgan fingerprint density at radius 3 is 2.80 bits per heavy atom. The van der Waals surface area contributed by atoms with Crippen molar-refractivity contribution in [3.05, 3.63) is 11.3 Å². The summed E-state index contributed by atoms with van der Waals surface area (Å²) in [6.07, 6.45) is 3.38. The van der Waals surface area contributed by atoms with Crippen LogP contribution in [0.15, 0.2) is 11.3 Å². The van der Waals surface area contributed by atoms with Crippen LogP contribution in [-0.4, -0.2) is 17.2 Å². The van der Waals surface area contributed by atoms with E-state index in [1.165, 1.54) is 0 Å². The van der Waals surface area contributed by atoms with Crippen molar-refractivity contribution in [1.82, 2.24) is 0 Å². The van der Waals surface area contributed by atoms with Gasteiger partial charge in [0.1, 0.15) is 11.9 Å². The molecule has 3 nitrogen and oxygen atoms in total. The molecule has 0 amide bonds. The molecular formula is C12H20O3. The zero-order chi connectivity index (χ0) is 11.4. The Labute approximate surface area is 91.1 Å². The number of hydrogen-bond acceptors (Lipinski definition) is 3. The van der Waals surface area contributed by atoms with E-state index in [4.69, 9.17) is 4.74 Å². The highest BCUT2D eigenvalue weighted by atomic mass is 16.5. The first-order valence-electron chi connectivity index (χ1n) is 5.64. The second kappa shape index (κ2) is 5.19. The summed E-state index contributed by atoms with van der Waals surface area (Å²) in [5, 5.41) is 9.52. The molecule has 2 atom stereocenters. The first kappa shape index (κ1) is 12.1. The van der Waals surface area contributed by atoms with Gasteiger partial charge in [0.15, 0.2) is 0 Å². The lowest BCUT2D eigenvalue weighted by atomic mass is 9.97. The molecule has 0 saturated carbocycles. The molecule has 0 aromatic carbocycles. The molecule has 0 aromatic rings. The molecule has 0 aromatic heterocycles. The van der Waals surface area contributed by atoms with E-state index in [2.05, 4.69) is 13.8 Å². The molecule has 1 heterocycles. The first-order valence-corrected chi connectivity index (χ1v) is 5.64. The Bertz CT molecular complexity index is 268. The smallest absolute Gasteiger partial charge is 0.337 e. The van der Waals surface area contributed by atoms with Crippen molar-refractivity contribution in [1.29, 1.82) is 0 Å². The maximum Gasteiger partial charge on any atom is 0.337 e. The van der Waals surface area contributed by atoms with Gasteiger partial charge in [-0.3, -0.25) is 0 Å². The fourth-order valence-corrected chi connectivity index (χ4v) is 1.60. The van der Waals surface area contributed by atoms with Gasteiger partial charge in [-0.05, 0) is 25.7 Å². The molecule has 15 heavy (non-hydrogen) atoms. The van der Waals surface area contributed by atoms with Crippen molar-refractivity contribution < 1.29 is 14.6 Å². The van der Waals surface area contributed by atoms with Crippen molar-refractivity contribution in [2.24, 2.45) is 5.92 Å². The highest BCUT2D eigenvalue weighted by Crippen LogP contribution is 2.24. The Hall–Kier alpha value is -0.990. The summed E-state index contributed by atoms with van der Waals surface area (Å²) >= 11 is 0. The normalized spacial score (nSPS) is 23.9. The first-order chi connectivity index (χ1) is 7.04. The molecule has 3 heteroatoms. The van der Waals surface area contributed by atoms with Crippen LogP contribution in [0.1, 0.15) is 46.5 Å². The summed E-state index contributed by atoms with van der Waals surface area (Å²) in [6.45, 7) is 5.94. The molecule has 1 aliphatic rings. The molecule has 1 N–H and O–H groups in total. The SMILES string of the molecule is CCC(C)CCC1CC(O)=C(C)C(=O)O1. The molecule has 86 valence electrons. The maximum absolute atomic E-state index is 11.3. The number of rotatable bonds is 4. The highest BCUT2D eigenvalue weighted by Gasteiger charge is 2.26. The van der Waals surface area contributed by atoms with E-state index < -0.39 is 0 Å². The lowest BCUT2D eigenvalue weighted by Gasteiger charge is -2.24. The van der Waals surface area contributed by atoms with Gasteiger partial charge in [-0.15, -0.1) is 0 Å². The molecule has 0 aliphatic carbocycles. The summed E-state index contributed by atoms with van der Waals surface area (Å²) in [4.78, 5) is 11.3. The third-order valence-electron chi connectivity index (χ3n) is 3.11. The van der Waals surface area contributed by atoms with Gasteiger partial charge in [0.2, 0.25) is 0 Å². The fourth-order valence-electron chi connectivity index (χ4n) is 1.60. The Balaban J connectivity index is 2.44. The maximum atomic E-state index is 11.3. The summed E-state index contributed by atoms with van der Waals surface area (Å²) < 4.78 is 5.21.